The molecule has 1 amide bonds. The summed E-state index contributed by atoms with van der Waals surface area (Å²) in [4.78, 5) is 22.7. The Kier molecular flexibility index (Phi) is 5.25. The van der Waals surface area contributed by atoms with E-state index >= 15 is 0 Å². The summed E-state index contributed by atoms with van der Waals surface area (Å²) in [5.74, 6) is -0.687. The number of hydrogen-bond donors (Lipinski definition) is 1. The number of benzene rings is 1. The Hall–Kier alpha value is -3.56. The Morgan fingerprint density at radius 2 is 2.15 bits per heavy atom. The van der Waals surface area contributed by atoms with Crippen molar-refractivity contribution in [3.63, 3.8) is 0 Å². The van der Waals surface area contributed by atoms with Gasteiger partial charge < -0.3 is 5.32 Å². The molecule has 3 aromatic rings. The molecule has 0 aliphatic carbocycles. The monoisotopic (exact) mass is 372 g/mol. The number of aromatic nitrogens is 4. The first kappa shape index (κ1) is 18.2. The second kappa shape index (κ2) is 7.77. The average molecular weight is 372 g/mol. The minimum atomic E-state index is -0.690. The van der Waals surface area contributed by atoms with E-state index in [-0.39, 0.29) is 17.4 Å². The molecular formula is C17H17FN6O3. The lowest BCUT2D eigenvalue weighted by atomic mass is 10.2. The Morgan fingerprint density at radius 3 is 2.81 bits per heavy atom. The van der Waals surface area contributed by atoms with Crippen molar-refractivity contribution in [2.45, 2.75) is 25.9 Å². The van der Waals surface area contributed by atoms with Crippen LogP contribution in [0.2, 0.25) is 0 Å². The van der Waals surface area contributed by atoms with E-state index in [4.69, 9.17) is 0 Å². The topological polar surface area (TPSA) is 108 Å². The predicted molar refractivity (Wildman–Crippen MR) is 94.6 cm³/mol. The molecule has 10 heteroatoms. The third-order valence-corrected chi connectivity index (χ3v) is 3.94. The second-order valence-electron chi connectivity index (χ2n) is 5.91. The summed E-state index contributed by atoms with van der Waals surface area (Å²) in [5.41, 5.74) is 1.03. The molecule has 27 heavy (non-hydrogen) atoms. The van der Waals surface area contributed by atoms with Crippen LogP contribution >= 0.6 is 0 Å². The van der Waals surface area contributed by atoms with Gasteiger partial charge in [-0.15, -0.1) is 0 Å². The summed E-state index contributed by atoms with van der Waals surface area (Å²) in [5, 5.41) is 21.5. The summed E-state index contributed by atoms with van der Waals surface area (Å²) in [6.45, 7) is 2.14. The summed E-state index contributed by atoms with van der Waals surface area (Å²) < 4.78 is 16.1. The number of halogens is 1. The van der Waals surface area contributed by atoms with E-state index in [9.17, 15) is 19.3 Å². The van der Waals surface area contributed by atoms with Crippen LogP contribution in [-0.4, -0.2) is 30.4 Å². The maximum atomic E-state index is 13.3. The van der Waals surface area contributed by atoms with Crippen molar-refractivity contribution in [1.82, 2.24) is 19.6 Å². The zero-order chi connectivity index (χ0) is 19.4. The second-order valence-corrected chi connectivity index (χ2v) is 5.91. The van der Waals surface area contributed by atoms with Crippen LogP contribution in [0, 0.1) is 15.9 Å². The van der Waals surface area contributed by atoms with Crippen molar-refractivity contribution in [3.05, 3.63) is 70.5 Å². The molecule has 0 fully saturated rings. The molecule has 0 aliphatic heterocycles. The van der Waals surface area contributed by atoms with E-state index in [1.165, 1.54) is 29.2 Å². The van der Waals surface area contributed by atoms with Gasteiger partial charge in [0.15, 0.2) is 0 Å². The highest BCUT2D eigenvalue weighted by atomic mass is 19.1. The molecule has 9 nitrogen and oxygen atoms in total. The number of carbonyl (C=O) groups excluding carboxylic acids is 1. The summed E-state index contributed by atoms with van der Waals surface area (Å²) >= 11 is 0. The van der Waals surface area contributed by atoms with E-state index in [0.717, 1.165) is 11.8 Å². The fourth-order valence-electron chi connectivity index (χ4n) is 2.65. The van der Waals surface area contributed by atoms with E-state index in [0.29, 0.717) is 18.7 Å². The Balaban J connectivity index is 1.67. The van der Waals surface area contributed by atoms with Gasteiger partial charge >= 0.3 is 5.69 Å². The lowest BCUT2D eigenvalue weighted by molar-refractivity contribution is -0.385. The summed E-state index contributed by atoms with van der Waals surface area (Å²) in [6.07, 6.45) is 5.84. The van der Waals surface area contributed by atoms with Crippen LogP contribution in [0.3, 0.4) is 0 Å². The standard InChI is InChI=1S/C17H17FN6O3/c1-2-16(23-11-15(8-20-23)24(26)27)17(25)21-14-7-19-22(10-14)9-12-4-3-5-13(18)6-12/h3-8,10-11,16H,2,9H2,1H3,(H,21,25). The molecule has 140 valence electrons. The minimum absolute atomic E-state index is 0.177. The van der Waals surface area contributed by atoms with Crippen LogP contribution in [0.1, 0.15) is 24.9 Å². The van der Waals surface area contributed by atoms with Crippen LogP contribution in [0.25, 0.3) is 0 Å². The number of nitrogens with zero attached hydrogens (tertiary/aromatic N) is 5. The number of nitrogens with one attached hydrogen (secondary N) is 1. The number of rotatable bonds is 7. The smallest absolute Gasteiger partial charge is 0.307 e. The third-order valence-electron chi connectivity index (χ3n) is 3.94. The molecule has 1 N–H and O–H groups in total. The lowest BCUT2D eigenvalue weighted by Crippen LogP contribution is -2.25. The van der Waals surface area contributed by atoms with Crippen molar-refractivity contribution in [3.8, 4) is 0 Å². The highest BCUT2D eigenvalue weighted by molar-refractivity contribution is 5.93. The summed E-state index contributed by atoms with van der Waals surface area (Å²) in [6, 6.07) is 5.48. The van der Waals surface area contributed by atoms with Gasteiger partial charge in [-0.05, 0) is 24.1 Å². The Bertz CT molecular complexity index is 967. The molecular weight excluding hydrogens is 355 g/mol. The number of amides is 1. The van der Waals surface area contributed by atoms with E-state index in [1.807, 2.05) is 0 Å². The Labute approximate surface area is 153 Å². The van der Waals surface area contributed by atoms with Gasteiger partial charge in [-0.3, -0.25) is 24.3 Å². The zero-order valence-electron chi connectivity index (χ0n) is 14.4. The predicted octanol–water partition coefficient (Wildman–Crippen LogP) is 2.77. The lowest BCUT2D eigenvalue weighted by Gasteiger charge is -2.14. The number of nitro groups is 1. The summed E-state index contributed by atoms with van der Waals surface area (Å²) in [7, 11) is 0. The molecule has 3 rings (SSSR count). The van der Waals surface area contributed by atoms with E-state index < -0.39 is 11.0 Å². The van der Waals surface area contributed by atoms with Gasteiger partial charge in [-0.1, -0.05) is 19.1 Å². The fraction of sp³-hybridized carbons (Fsp3) is 0.235. The fourth-order valence-corrected chi connectivity index (χ4v) is 2.65. The van der Waals surface area contributed by atoms with Crippen molar-refractivity contribution < 1.29 is 14.1 Å². The van der Waals surface area contributed by atoms with E-state index in [2.05, 4.69) is 15.5 Å². The van der Waals surface area contributed by atoms with Gasteiger partial charge in [0.05, 0.1) is 23.4 Å². The zero-order valence-corrected chi connectivity index (χ0v) is 14.4. The molecule has 1 aromatic carbocycles. The van der Waals surface area contributed by atoms with Gasteiger partial charge in [0.2, 0.25) is 5.91 Å². The van der Waals surface area contributed by atoms with Gasteiger partial charge in [0, 0.05) is 6.20 Å². The third kappa shape index (κ3) is 4.35. The molecule has 0 saturated heterocycles. The van der Waals surface area contributed by atoms with Gasteiger partial charge in [0.25, 0.3) is 0 Å². The first-order chi connectivity index (χ1) is 13.0. The van der Waals surface area contributed by atoms with Crippen LogP contribution < -0.4 is 5.32 Å². The molecule has 1 atom stereocenters. The maximum absolute atomic E-state index is 13.3. The molecule has 0 radical (unpaired) electrons. The molecule has 2 aromatic heterocycles. The molecule has 2 heterocycles. The van der Waals surface area contributed by atoms with Crippen LogP contribution in [0.4, 0.5) is 15.8 Å². The minimum Gasteiger partial charge on any atom is -0.322 e. The SMILES string of the molecule is CCC(C(=O)Nc1cnn(Cc2cccc(F)c2)c1)n1cc([N+](=O)[O-])cn1. The molecule has 0 spiro atoms. The first-order valence-electron chi connectivity index (χ1n) is 8.22. The molecule has 0 bridgehead atoms. The average Bonchev–Trinajstić information content (AvgIpc) is 3.26. The van der Waals surface area contributed by atoms with Crippen LogP contribution in [-0.2, 0) is 11.3 Å². The first-order valence-corrected chi connectivity index (χ1v) is 8.22. The number of carbonyl (C=O) groups is 1. The Morgan fingerprint density at radius 1 is 1.33 bits per heavy atom. The van der Waals surface area contributed by atoms with Gasteiger partial charge in [-0.25, -0.2) is 4.39 Å². The van der Waals surface area contributed by atoms with Crippen molar-refractivity contribution >= 4 is 17.3 Å². The van der Waals surface area contributed by atoms with Gasteiger partial charge in [0.1, 0.15) is 24.3 Å². The molecule has 0 saturated carbocycles. The van der Waals surface area contributed by atoms with Crippen molar-refractivity contribution in [2.24, 2.45) is 0 Å². The number of hydrogen-bond acceptors (Lipinski definition) is 5. The van der Waals surface area contributed by atoms with Crippen LogP contribution in [0.15, 0.2) is 49.1 Å². The molecule has 1 unspecified atom stereocenters. The largest absolute Gasteiger partial charge is 0.322 e. The highest BCUT2D eigenvalue weighted by Crippen LogP contribution is 2.18. The van der Waals surface area contributed by atoms with Crippen molar-refractivity contribution in [2.75, 3.05) is 5.32 Å². The van der Waals surface area contributed by atoms with E-state index in [1.54, 1.807) is 29.9 Å². The quantitative estimate of drug-likeness (QED) is 0.507. The van der Waals surface area contributed by atoms with Gasteiger partial charge in [-0.2, -0.15) is 10.2 Å². The highest BCUT2D eigenvalue weighted by Gasteiger charge is 2.22. The normalized spacial score (nSPS) is 11.9. The maximum Gasteiger partial charge on any atom is 0.307 e. The number of anilines is 1. The molecule has 0 aliphatic rings. The van der Waals surface area contributed by atoms with Crippen LogP contribution in [0.5, 0.6) is 0 Å². The van der Waals surface area contributed by atoms with Crippen molar-refractivity contribution in [1.29, 1.82) is 0 Å².